The van der Waals surface area contributed by atoms with Crippen molar-refractivity contribution in [1.82, 2.24) is 5.32 Å². The molecule has 0 aromatic carbocycles. The fourth-order valence-corrected chi connectivity index (χ4v) is 6.57. The maximum absolute atomic E-state index is 12.7. The van der Waals surface area contributed by atoms with Crippen LogP contribution in [0.5, 0.6) is 0 Å². The number of ether oxygens (including phenoxy) is 1. The molecule has 0 amide bonds. The van der Waals surface area contributed by atoms with Gasteiger partial charge in [-0.15, -0.1) is 0 Å². The smallest absolute Gasteiger partial charge is 0.335 e. The van der Waals surface area contributed by atoms with Gasteiger partial charge in [-0.05, 0) is 36.9 Å². The summed E-state index contributed by atoms with van der Waals surface area (Å²) in [4.78, 5) is 12.7. The molecule has 1 aliphatic carbocycles. The van der Waals surface area contributed by atoms with E-state index in [1.165, 1.54) is 7.11 Å². The Labute approximate surface area is 167 Å². The monoisotopic (exact) mass is 395 g/mol. The number of allylic oxidation sites excluding steroid dienone is 3. The van der Waals surface area contributed by atoms with Crippen LogP contribution in [0.1, 0.15) is 54.4 Å². The first kappa shape index (κ1) is 24.1. The largest absolute Gasteiger partial charge is 0.467 e. The summed E-state index contributed by atoms with van der Waals surface area (Å²) in [5.41, 5.74) is 0.0689. The van der Waals surface area contributed by atoms with Gasteiger partial charge >= 0.3 is 5.97 Å². The minimum atomic E-state index is -1.93. The van der Waals surface area contributed by atoms with Gasteiger partial charge in [0, 0.05) is 18.0 Å². The minimum Gasteiger partial charge on any atom is -0.467 e. The highest BCUT2D eigenvalue weighted by Gasteiger charge is 2.40. The van der Waals surface area contributed by atoms with E-state index < -0.39 is 14.4 Å². The molecule has 0 spiro atoms. The highest BCUT2D eigenvalue weighted by Crippen LogP contribution is 2.29. The first-order chi connectivity index (χ1) is 12.7. The summed E-state index contributed by atoms with van der Waals surface area (Å²) < 4.78 is 11.8. The number of methoxy groups -OCH3 is 1. The van der Waals surface area contributed by atoms with E-state index in [2.05, 4.69) is 71.2 Å². The molecule has 1 aliphatic rings. The molecule has 0 saturated carbocycles. The zero-order chi connectivity index (χ0) is 20.5. The predicted octanol–water partition coefficient (Wildman–Crippen LogP) is 5.08. The number of hydrogen-bond acceptors (Lipinski definition) is 4. The van der Waals surface area contributed by atoms with Crippen LogP contribution >= 0.6 is 0 Å². The maximum atomic E-state index is 12.7. The molecule has 0 radical (unpaired) electrons. The molecule has 156 valence electrons. The molecule has 5 heteroatoms. The van der Waals surface area contributed by atoms with Crippen molar-refractivity contribution in [3.05, 3.63) is 24.3 Å². The Morgan fingerprint density at radius 3 is 2.26 bits per heavy atom. The minimum absolute atomic E-state index is 0.0369. The molecular formula is C22H41NO3Si. The van der Waals surface area contributed by atoms with Crippen LogP contribution in [-0.4, -0.2) is 40.1 Å². The SMILES string of the molecule is CC[Si](CC)(CC)O[C@@H](C(=O)OC)[C@H](CC(C)C)NC[C@]1(C)C=CC=CC1. The van der Waals surface area contributed by atoms with E-state index in [9.17, 15) is 4.79 Å². The summed E-state index contributed by atoms with van der Waals surface area (Å²) in [5.74, 6) is 0.221. The Morgan fingerprint density at radius 2 is 1.81 bits per heavy atom. The standard InChI is InChI=1S/C22H41NO3Si/c1-8-27(9-2,10-3)26-20(21(24)25-7)19(16-18(4)5)23-17-22(6)14-12-11-13-15-22/h11-14,18-20,23H,8-10,15-17H2,1-7H3/t19-,20+,22+/m0/s1. The molecule has 0 unspecified atom stereocenters. The lowest BCUT2D eigenvalue weighted by molar-refractivity contribution is -0.151. The van der Waals surface area contributed by atoms with Crippen LogP contribution in [0, 0.1) is 11.3 Å². The first-order valence-corrected chi connectivity index (χ1v) is 13.1. The maximum Gasteiger partial charge on any atom is 0.335 e. The van der Waals surface area contributed by atoms with Crippen LogP contribution in [0.25, 0.3) is 0 Å². The van der Waals surface area contributed by atoms with Gasteiger partial charge in [-0.25, -0.2) is 4.79 Å². The Morgan fingerprint density at radius 1 is 1.19 bits per heavy atom. The van der Waals surface area contributed by atoms with Gasteiger partial charge in [0.05, 0.1) is 7.11 Å². The third-order valence-electron chi connectivity index (χ3n) is 5.93. The quantitative estimate of drug-likeness (QED) is 0.370. The Kier molecular flexibility index (Phi) is 9.99. The summed E-state index contributed by atoms with van der Waals surface area (Å²) in [7, 11) is -0.460. The number of esters is 1. The fraction of sp³-hybridized carbons (Fsp3) is 0.773. The van der Waals surface area contributed by atoms with E-state index >= 15 is 0 Å². The highest BCUT2D eigenvalue weighted by molar-refractivity contribution is 6.73. The van der Waals surface area contributed by atoms with E-state index in [1.54, 1.807) is 0 Å². The van der Waals surface area contributed by atoms with Crippen LogP contribution < -0.4 is 5.32 Å². The number of nitrogens with one attached hydrogen (secondary N) is 1. The van der Waals surface area contributed by atoms with Crippen LogP contribution in [0.4, 0.5) is 0 Å². The van der Waals surface area contributed by atoms with Crippen molar-refractivity contribution < 1.29 is 14.0 Å². The molecule has 0 saturated heterocycles. The number of carbonyl (C=O) groups excluding carboxylic acids is 1. The number of carbonyl (C=O) groups is 1. The van der Waals surface area contributed by atoms with Gasteiger partial charge in [-0.2, -0.15) is 0 Å². The van der Waals surface area contributed by atoms with Crippen molar-refractivity contribution >= 4 is 14.3 Å². The fourth-order valence-electron chi connectivity index (χ4n) is 3.77. The molecule has 27 heavy (non-hydrogen) atoms. The summed E-state index contributed by atoms with van der Waals surface area (Å²) >= 11 is 0. The highest BCUT2D eigenvalue weighted by atomic mass is 28.4. The summed E-state index contributed by atoms with van der Waals surface area (Å²) in [6, 6.07) is 3.03. The zero-order valence-electron chi connectivity index (χ0n) is 18.5. The lowest BCUT2D eigenvalue weighted by Gasteiger charge is -2.38. The first-order valence-electron chi connectivity index (χ1n) is 10.6. The second-order valence-electron chi connectivity index (χ2n) is 8.57. The molecule has 3 atom stereocenters. The van der Waals surface area contributed by atoms with Gasteiger partial charge in [0.25, 0.3) is 0 Å². The van der Waals surface area contributed by atoms with Gasteiger partial charge in [0.15, 0.2) is 14.4 Å². The zero-order valence-corrected chi connectivity index (χ0v) is 19.5. The predicted molar refractivity (Wildman–Crippen MR) is 116 cm³/mol. The molecule has 0 aliphatic heterocycles. The molecule has 0 aromatic rings. The Bertz CT molecular complexity index is 505. The average molecular weight is 396 g/mol. The van der Waals surface area contributed by atoms with E-state index in [-0.39, 0.29) is 17.4 Å². The van der Waals surface area contributed by atoms with Gasteiger partial charge in [-0.3, -0.25) is 0 Å². The second-order valence-corrected chi connectivity index (χ2v) is 13.3. The molecule has 0 fully saturated rings. The molecule has 0 heterocycles. The molecule has 4 nitrogen and oxygen atoms in total. The second kappa shape index (κ2) is 11.2. The van der Waals surface area contributed by atoms with E-state index in [4.69, 9.17) is 9.16 Å². The van der Waals surface area contributed by atoms with E-state index in [0.717, 1.165) is 37.5 Å². The van der Waals surface area contributed by atoms with Gasteiger partial charge in [0.1, 0.15) is 0 Å². The van der Waals surface area contributed by atoms with Gasteiger partial charge in [-0.1, -0.05) is 65.8 Å². The Hall–Kier alpha value is -0.913. The molecule has 1 rings (SSSR count). The van der Waals surface area contributed by atoms with Crippen molar-refractivity contribution in [3.63, 3.8) is 0 Å². The van der Waals surface area contributed by atoms with Crippen LogP contribution in [0.3, 0.4) is 0 Å². The lowest BCUT2D eigenvalue weighted by Crippen LogP contribution is -2.54. The lowest BCUT2D eigenvalue weighted by atomic mass is 9.83. The normalized spacial score (nSPS) is 22.1. The van der Waals surface area contributed by atoms with Crippen molar-refractivity contribution in [1.29, 1.82) is 0 Å². The third-order valence-corrected chi connectivity index (χ3v) is 10.6. The van der Waals surface area contributed by atoms with Gasteiger partial charge < -0.3 is 14.5 Å². The Balaban J connectivity index is 3.02. The van der Waals surface area contributed by atoms with Crippen LogP contribution in [-0.2, 0) is 14.0 Å². The van der Waals surface area contributed by atoms with Crippen LogP contribution in [0.15, 0.2) is 24.3 Å². The molecule has 1 N–H and O–H groups in total. The number of rotatable bonds is 12. The third kappa shape index (κ3) is 7.20. The van der Waals surface area contributed by atoms with Crippen molar-refractivity contribution in [2.24, 2.45) is 11.3 Å². The van der Waals surface area contributed by atoms with Crippen molar-refractivity contribution in [2.45, 2.75) is 84.7 Å². The van der Waals surface area contributed by atoms with Crippen LogP contribution in [0.2, 0.25) is 18.1 Å². The van der Waals surface area contributed by atoms with E-state index in [0.29, 0.717) is 5.92 Å². The van der Waals surface area contributed by atoms with Gasteiger partial charge in [0.2, 0.25) is 0 Å². The molecule has 0 bridgehead atoms. The van der Waals surface area contributed by atoms with E-state index in [1.807, 2.05) is 0 Å². The average Bonchev–Trinajstić information content (AvgIpc) is 2.67. The van der Waals surface area contributed by atoms with Crippen molar-refractivity contribution in [2.75, 3.05) is 13.7 Å². The topological polar surface area (TPSA) is 47.6 Å². The summed E-state index contributed by atoms with van der Waals surface area (Å²) in [5, 5.41) is 3.68. The summed E-state index contributed by atoms with van der Waals surface area (Å²) in [6.45, 7) is 14.0. The van der Waals surface area contributed by atoms with Crippen molar-refractivity contribution in [3.8, 4) is 0 Å². The molecule has 0 aromatic heterocycles. The molecular weight excluding hydrogens is 354 g/mol. The summed E-state index contributed by atoms with van der Waals surface area (Å²) in [6.07, 6.45) is 10.0. The number of hydrogen-bond donors (Lipinski definition) is 1.